The number of benzene rings is 1. The standard InChI is InChI=1S/C26H34O6/c1-18(26(16-28)19(2)12-24(30)13-20(3)29)6-7-23(15-27)14-21(4)32-17-22-8-10-25(31-5)11-9-22/h6-14,16,20-21,27,29-30H,15,17H2,1-5H3/b7-6+,19-12+,23-14-,24-13-,26-18-/t20?,21-/m0/s1. The molecule has 0 radical (unpaired) electrons. The van der Waals surface area contributed by atoms with Crippen LogP contribution in [0.15, 0.2) is 82.7 Å². The van der Waals surface area contributed by atoms with Crippen LogP contribution in [0, 0.1) is 0 Å². The highest BCUT2D eigenvalue weighted by molar-refractivity contribution is 5.82. The molecule has 0 saturated heterocycles. The third-order valence-electron chi connectivity index (χ3n) is 4.59. The highest BCUT2D eigenvalue weighted by Crippen LogP contribution is 2.17. The zero-order valence-electron chi connectivity index (χ0n) is 19.4. The van der Waals surface area contributed by atoms with Gasteiger partial charge in [0.15, 0.2) is 6.29 Å². The van der Waals surface area contributed by atoms with Crippen molar-refractivity contribution in [3.05, 3.63) is 88.3 Å². The summed E-state index contributed by atoms with van der Waals surface area (Å²) in [7, 11) is 1.62. The van der Waals surface area contributed by atoms with E-state index in [1.165, 1.54) is 19.1 Å². The Morgan fingerprint density at radius 3 is 2.28 bits per heavy atom. The van der Waals surface area contributed by atoms with Crippen molar-refractivity contribution >= 4 is 6.29 Å². The van der Waals surface area contributed by atoms with Crippen LogP contribution in [0.25, 0.3) is 0 Å². The largest absolute Gasteiger partial charge is 0.508 e. The van der Waals surface area contributed by atoms with Gasteiger partial charge in [-0.3, -0.25) is 4.79 Å². The Hall–Kier alpha value is -2.93. The highest BCUT2D eigenvalue weighted by Gasteiger charge is 2.05. The summed E-state index contributed by atoms with van der Waals surface area (Å²) in [6, 6.07) is 7.61. The van der Waals surface area contributed by atoms with Crippen molar-refractivity contribution < 1.29 is 29.6 Å². The molecule has 0 spiro atoms. The average Bonchev–Trinajstić information content (AvgIpc) is 2.75. The summed E-state index contributed by atoms with van der Waals surface area (Å²) in [6.07, 6.45) is 7.65. The Labute approximate surface area is 190 Å². The lowest BCUT2D eigenvalue weighted by Gasteiger charge is -2.11. The molecule has 0 aliphatic heterocycles. The zero-order chi connectivity index (χ0) is 24.1. The topological polar surface area (TPSA) is 96.2 Å². The molecule has 0 bridgehead atoms. The monoisotopic (exact) mass is 442 g/mol. The van der Waals surface area contributed by atoms with Crippen LogP contribution in [0.1, 0.15) is 33.3 Å². The van der Waals surface area contributed by atoms with E-state index in [1.54, 1.807) is 33.1 Å². The number of aliphatic hydroxyl groups is 3. The first kappa shape index (κ1) is 27.1. The van der Waals surface area contributed by atoms with Crippen LogP contribution >= 0.6 is 0 Å². The lowest BCUT2D eigenvalue weighted by Crippen LogP contribution is -2.06. The fraction of sp³-hybridized carbons (Fsp3) is 0.346. The van der Waals surface area contributed by atoms with Crippen molar-refractivity contribution in [1.82, 2.24) is 0 Å². The Bertz CT molecular complexity index is 885. The molecular weight excluding hydrogens is 408 g/mol. The van der Waals surface area contributed by atoms with Gasteiger partial charge >= 0.3 is 0 Å². The predicted molar refractivity (Wildman–Crippen MR) is 126 cm³/mol. The first-order chi connectivity index (χ1) is 15.2. The highest BCUT2D eigenvalue weighted by atomic mass is 16.5. The molecule has 174 valence electrons. The summed E-state index contributed by atoms with van der Waals surface area (Å²) in [4.78, 5) is 11.6. The maximum atomic E-state index is 11.6. The summed E-state index contributed by atoms with van der Waals surface area (Å²) in [5.74, 6) is 0.666. The molecule has 1 unspecified atom stereocenters. The Kier molecular flexibility index (Phi) is 12.0. The van der Waals surface area contributed by atoms with Crippen molar-refractivity contribution in [2.75, 3.05) is 13.7 Å². The second-order valence-electron chi connectivity index (χ2n) is 7.47. The third kappa shape index (κ3) is 9.92. The molecule has 6 nitrogen and oxygen atoms in total. The Morgan fingerprint density at radius 2 is 1.75 bits per heavy atom. The van der Waals surface area contributed by atoms with Crippen LogP contribution in [-0.4, -0.2) is 47.5 Å². The minimum absolute atomic E-state index is 0.118. The molecule has 32 heavy (non-hydrogen) atoms. The normalized spacial score (nSPS) is 16.0. The number of carbonyl (C=O) groups is 1. The molecule has 0 aliphatic carbocycles. The van der Waals surface area contributed by atoms with E-state index in [1.807, 2.05) is 37.3 Å². The Balaban J connectivity index is 2.89. The van der Waals surface area contributed by atoms with Crippen LogP contribution in [0.5, 0.6) is 5.75 Å². The van der Waals surface area contributed by atoms with Crippen molar-refractivity contribution in [3.63, 3.8) is 0 Å². The van der Waals surface area contributed by atoms with Crippen LogP contribution in [0.2, 0.25) is 0 Å². The molecule has 0 aromatic heterocycles. The summed E-state index contributed by atoms with van der Waals surface area (Å²) in [5.41, 5.74) is 3.30. The fourth-order valence-corrected chi connectivity index (χ4v) is 2.87. The van der Waals surface area contributed by atoms with Gasteiger partial charge in [-0.2, -0.15) is 0 Å². The number of allylic oxidation sites excluding steroid dienone is 5. The zero-order valence-corrected chi connectivity index (χ0v) is 19.4. The molecule has 3 N–H and O–H groups in total. The van der Waals surface area contributed by atoms with Gasteiger partial charge in [0.05, 0.1) is 32.5 Å². The quantitative estimate of drug-likeness (QED) is 0.193. The number of hydrogen-bond acceptors (Lipinski definition) is 6. The summed E-state index contributed by atoms with van der Waals surface area (Å²) >= 11 is 0. The van der Waals surface area contributed by atoms with Gasteiger partial charge in [-0.15, -0.1) is 0 Å². The SMILES string of the molecule is COc1ccc(CO[C@@H](C)/C=C(/C=C/C(C)=C(C=O)\C(C)=C\C(O)=C\C(C)O)CO)cc1. The molecule has 0 aliphatic rings. The van der Waals surface area contributed by atoms with Gasteiger partial charge < -0.3 is 24.8 Å². The first-order valence-electron chi connectivity index (χ1n) is 10.4. The number of aliphatic hydroxyl groups excluding tert-OH is 3. The second-order valence-corrected chi connectivity index (χ2v) is 7.47. The van der Waals surface area contributed by atoms with Gasteiger partial charge in [-0.1, -0.05) is 30.4 Å². The van der Waals surface area contributed by atoms with E-state index in [9.17, 15) is 20.1 Å². The molecule has 0 amide bonds. The van der Waals surface area contributed by atoms with E-state index >= 15 is 0 Å². The molecule has 0 fully saturated rings. The van der Waals surface area contributed by atoms with Crippen molar-refractivity contribution in [3.8, 4) is 5.75 Å². The first-order valence-corrected chi connectivity index (χ1v) is 10.4. The van der Waals surface area contributed by atoms with E-state index in [2.05, 4.69) is 0 Å². The summed E-state index contributed by atoms with van der Waals surface area (Å²) in [6.45, 7) is 7.12. The average molecular weight is 443 g/mol. The molecule has 2 atom stereocenters. The number of hydrogen-bond donors (Lipinski definition) is 3. The van der Waals surface area contributed by atoms with E-state index in [-0.39, 0.29) is 18.5 Å². The summed E-state index contributed by atoms with van der Waals surface area (Å²) in [5, 5.41) is 28.8. The smallest absolute Gasteiger partial charge is 0.150 e. The van der Waals surface area contributed by atoms with E-state index in [0.717, 1.165) is 11.3 Å². The van der Waals surface area contributed by atoms with Crippen LogP contribution in [0.3, 0.4) is 0 Å². The molecule has 1 rings (SSSR count). The molecule has 0 saturated carbocycles. The number of rotatable bonds is 12. The molecule has 1 aromatic rings. The number of methoxy groups -OCH3 is 1. The number of carbonyl (C=O) groups excluding carboxylic acids is 1. The molecular formula is C26H34O6. The third-order valence-corrected chi connectivity index (χ3v) is 4.59. The molecule has 6 heteroatoms. The summed E-state index contributed by atoms with van der Waals surface area (Å²) < 4.78 is 11.0. The van der Waals surface area contributed by atoms with Gasteiger partial charge in [0.1, 0.15) is 11.5 Å². The van der Waals surface area contributed by atoms with E-state index in [0.29, 0.717) is 35.2 Å². The van der Waals surface area contributed by atoms with Crippen LogP contribution in [-0.2, 0) is 16.1 Å². The molecule has 0 heterocycles. The lowest BCUT2D eigenvalue weighted by atomic mass is 10.0. The van der Waals surface area contributed by atoms with Gasteiger partial charge in [0, 0.05) is 5.57 Å². The van der Waals surface area contributed by atoms with Crippen LogP contribution in [0.4, 0.5) is 0 Å². The van der Waals surface area contributed by atoms with Crippen molar-refractivity contribution in [2.24, 2.45) is 0 Å². The lowest BCUT2D eigenvalue weighted by molar-refractivity contribution is -0.104. The van der Waals surface area contributed by atoms with Crippen LogP contribution < -0.4 is 4.74 Å². The van der Waals surface area contributed by atoms with Gasteiger partial charge in [-0.05, 0) is 74.3 Å². The molecule has 1 aromatic carbocycles. The second kappa shape index (κ2) is 14.2. The minimum Gasteiger partial charge on any atom is -0.508 e. The minimum atomic E-state index is -0.796. The Morgan fingerprint density at radius 1 is 1.09 bits per heavy atom. The fourth-order valence-electron chi connectivity index (χ4n) is 2.87. The van der Waals surface area contributed by atoms with Gasteiger partial charge in [0.2, 0.25) is 0 Å². The van der Waals surface area contributed by atoms with E-state index < -0.39 is 6.10 Å². The maximum absolute atomic E-state index is 11.6. The van der Waals surface area contributed by atoms with Gasteiger partial charge in [0.25, 0.3) is 0 Å². The predicted octanol–water partition coefficient (Wildman–Crippen LogP) is 4.36. The maximum Gasteiger partial charge on any atom is 0.150 e. The van der Waals surface area contributed by atoms with Gasteiger partial charge in [-0.25, -0.2) is 0 Å². The van der Waals surface area contributed by atoms with Crippen molar-refractivity contribution in [1.29, 1.82) is 0 Å². The van der Waals surface area contributed by atoms with Crippen molar-refractivity contribution in [2.45, 2.75) is 46.5 Å². The van der Waals surface area contributed by atoms with E-state index in [4.69, 9.17) is 9.47 Å². The number of ether oxygens (including phenoxy) is 2. The number of aldehydes is 1.